The summed E-state index contributed by atoms with van der Waals surface area (Å²) in [7, 11) is 0. The third kappa shape index (κ3) is 3.60. The van der Waals surface area contributed by atoms with Crippen molar-refractivity contribution in [3.63, 3.8) is 0 Å². The summed E-state index contributed by atoms with van der Waals surface area (Å²) in [5, 5.41) is 19.4. The number of rotatable bonds is 0. The summed E-state index contributed by atoms with van der Waals surface area (Å²) < 4.78 is 0. The Morgan fingerprint density at radius 1 is 0.933 bits per heavy atom. The van der Waals surface area contributed by atoms with Crippen LogP contribution in [0.15, 0.2) is 42.5 Å². The summed E-state index contributed by atoms with van der Waals surface area (Å²) in [5.41, 5.74) is 0. The van der Waals surface area contributed by atoms with E-state index in [1.165, 1.54) is 0 Å². The number of phenolic OH excluding ortho intramolecular Hbond substituents is 1. The van der Waals surface area contributed by atoms with Gasteiger partial charge in [-0.1, -0.05) is 36.4 Å². The highest BCUT2D eigenvalue weighted by Crippen LogP contribution is 2.22. The molecule has 80 valence electrons. The Morgan fingerprint density at radius 3 is 2.07 bits per heavy atom. The van der Waals surface area contributed by atoms with Gasteiger partial charge in [0.2, 0.25) is 0 Å². The second kappa shape index (κ2) is 5.37. The number of benzene rings is 2. The summed E-state index contributed by atoms with van der Waals surface area (Å²) in [4.78, 5) is 0. The third-order valence-corrected chi connectivity index (χ3v) is 1.77. The van der Waals surface area contributed by atoms with Crippen LogP contribution in [0.2, 0.25) is 0 Å². The van der Waals surface area contributed by atoms with Crippen molar-refractivity contribution in [2.24, 2.45) is 0 Å². The molecular formula is C13H16O2. The van der Waals surface area contributed by atoms with Crippen LogP contribution in [-0.2, 0) is 0 Å². The molecule has 0 radical (unpaired) electrons. The molecule has 0 aliphatic rings. The SMILES string of the molecule is CC(C)O.Oc1cccc2ccccc12. The van der Waals surface area contributed by atoms with Gasteiger partial charge in [-0.05, 0) is 25.3 Å². The van der Waals surface area contributed by atoms with Gasteiger partial charge >= 0.3 is 0 Å². The predicted molar refractivity (Wildman–Crippen MR) is 63.0 cm³/mol. The fraction of sp³-hybridized carbons (Fsp3) is 0.231. The summed E-state index contributed by atoms with van der Waals surface area (Å²) in [5.74, 6) is 0.350. The van der Waals surface area contributed by atoms with Crippen molar-refractivity contribution in [3.8, 4) is 5.75 Å². The van der Waals surface area contributed by atoms with E-state index in [1.54, 1.807) is 19.9 Å². The zero-order valence-electron chi connectivity index (χ0n) is 9.01. The minimum Gasteiger partial charge on any atom is -0.507 e. The number of hydrogen-bond acceptors (Lipinski definition) is 2. The van der Waals surface area contributed by atoms with Gasteiger partial charge in [0.15, 0.2) is 0 Å². The molecule has 0 unspecified atom stereocenters. The van der Waals surface area contributed by atoms with E-state index >= 15 is 0 Å². The minimum absolute atomic E-state index is 0.167. The Morgan fingerprint density at radius 2 is 1.47 bits per heavy atom. The topological polar surface area (TPSA) is 40.5 Å². The van der Waals surface area contributed by atoms with Gasteiger partial charge in [-0.15, -0.1) is 0 Å². The van der Waals surface area contributed by atoms with Crippen molar-refractivity contribution in [2.45, 2.75) is 20.0 Å². The summed E-state index contributed by atoms with van der Waals surface area (Å²) in [6.07, 6.45) is -0.167. The first kappa shape index (κ1) is 11.5. The van der Waals surface area contributed by atoms with Gasteiger partial charge in [0, 0.05) is 11.5 Å². The summed E-state index contributed by atoms with van der Waals surface area (Å²) >= 11 is 0. The standard InChI is InChI=1S/C10H8O.C3H8O/c11-10-7-3-5-8-4-1-2-6-9(8)10;1-3(2)4/h1-7,11H;3-4H,1-2H3. The number of aliphatic hydroxyl groups excluding tert-OH is 1. The highest BCUT2D eigenvalue weighted by molar-refractivity contribution is 5.87. The predicted octanol–water partition coefficient (Wildman–Crippen LogP) is 2.93. The van der Waals surface area contributed by atoms with Crippen LogP contribution in [-0.4, -0.2) is 16.3 Å². The van der Waals surface area contributed by atoms with Crippen LogP contribution in [0.3, 0.4) is 0 Å². The van der Waals surface area contributed by atoms with E-state index in [9.17, 15) is 5.11 Å². The van der Waals surface area contributed by atoms with Gasteiger partial charge < -0.3 is 10.2 Å². The Bertz CT molecular complexity index is 414. The first-order valence-electron chi connectivity index (χ1n) is 4.96. The van der Waals surface area contributed by atoms with Crippen LogP contribution in [0.5, 0.6) is 5.75 Å². The highest BCUT2D eigenvalue weighted by atomic mass is 16.3. The molecule has 2 N–H and O–H groups in total. The zero-order valence-corrected chi connectivity index (χ0v) is 9.01. The molecule has 0 aliphatic carbocycles. The molecule has 0 saturated heterocycles. The van der Waals surface area contributed by atoms with Crippen LogP contribution >= 0.6 is 0 Å². The van der Waals surface area contributed by atoms with Crippen molar-refractivity contribution in [1.82, 2.24) is 0 Å². The van der Waals surface area contributed by atoms with Crippen LogP contribution in [0, 0.1) is 0 Å². The van der Waals surface area contributed by atoms with E-state index in [1.807, 2.05) is 36.4 Å². The van der Waals surface area contributed by atoms with Gasteiger partial charge in [0.05, 0.1) is 0 Å². The summed E-state index contributed by atoms with van der Waals surface area (Å²) in [6, 6.07) is 13.3. The van der Waals surface area contributed by atoms with Crippen LogP contribution in [0.1, 0.15) is 13.8 Å². The molecule has 0 atom stereocenters. The second-order valence-corrected chi connectivity index (χ2v) is 3.59. The largest absolute Gasteiger partial charge is 0.507 e. The summed E-state index contributed by atoms with van der Waals surface area (Å²) in [6.45, 7) is 3.44. The maximum atomic E-state index is 9.37. The molecule has 15 heavy (non-hydrogen) atoms. The highest BCUT2D eigenvalue weighted by Gasteiger charge is 1.94. The Hall–Kier alpha value is -1.54. The maximum Gasteiger partial charge on any atom is 0.123 e. The van der Waals surface area contributed by atoms with Crippen molar-refractivity contribution < 1.29 is 10.2 Å². The van der Waals surface area contributed by atoms with Crippen molar-refractivity contribution in [2.75, 3.05) is 0 Å². The molecule has 2 nitrogen and oxygen atoms in total. The lowest BCUT2D eigenvalue weighted by Crippen LogP contribution is -1.85. The fourth-order valence-corrected chi connectivity index (χ4v) is 1.21. The van der Waals surface area contributed by atoms with Crippen LogP contribution in [0.4, 0.5) is 0 Å². The van der Waals surface area contributed by atoms with Gasteiger partial charge in [-0.25, -0.2) is 0 Å². The quantitative estimate of drug-likeness (QED) is 0.692. The van der Waals surface area contributed by atoms with Gasteiger partial charge in [0.1, 0.15) is 5.75 Å². The molecule has 0 fully saturated rings. The molecule has 2 rings (SSSR count). The monoisotopic (exact) mass is 204 g/mol. The number of aliphatic hydroxyl groups is 1. The minimum atomic E-state index is -0.167. The first-order valence-corrected chi connectivity index (χ1v) is 4.96. The maximum absolute atomic E-state index is 9.37. The van der Waals surface area contributed by atoms with E-state index in [0.717, 1.165) is 10.8 Å². The van der Waals surface area contributed by atoms with E-state index in [2.05, 4.69) is 0 Å². The van der Waals surface area contributed by atoms with Crippen LogP contribution in [0.25, 0.3) is 10.8 Å². The normalized spacial score (nSPS) is 9.87. The molecule has 2 aromatic carbocycles. The molecule has 0 aliphatic heterocycles. The molecule has 0 bridgehead atoms. The number of aromatic hydroxyl groups is 1. The van der Waals surface area contributed by atoms with E-state index in [0.29, 0.717) is 5.75 Å². The molecule has 0 aromatic heterocycles. The molecule has 0 saturated carbocycles. The zero-order chi connectivity index (χ0) is 11.3. The van der Waals surface area contributed by atoms with E-state index < -0.39 is 0 Å². The lowest BCUT2D eigenvalue weighted by atomic mass is 10.1. The molecule has 0 spiro atoms. The van der Waals surface area contributed by atoms with Crippen molar-refractivity contribution in [1.29, 1.82) is 0 Å². The van der Waals surface area contributed by atoms with Gasteiger partial charge in [0.25, 0.3) is 0 Å². The number of hydrogen-bond donors (Lipinski definition) is 2. The Balaban J connectivity index is 0.000000245. The average molecular weight is 204 g/mol. The van der Waals surface area contributed by atoms with Gasteiger partial charge in [-0.2, -0.15) is 0 Å². The fourth-order valence-electron chi connectivity index (χ4n) is 1.21. The smallest absolute Gasteiger partial charge is 0.123 e. The molecular weight excluding hydrogens is 188 g/mol. The lowest BCUT2D eigenvalue weighted by Gasteiger charge is -1.97. The number of fused-ring (bicyclic) bond motifs is 1. The van der Waals surface area contributed by atoms with Crippen molar-refractivity contribution >= 4 is 10.8 Å². The molecule has 0 heterocycles. The lowest BCUT2D eigenvalue weighted by molar-refractivity contribution is 0.216. The van der Waals surface area contributed by atoms with Gasteiger partial charge in [-0.3, -0.25) is 0 Å². The molecule has 0 amide bonds. The van der Waals surface area contributed by atoms with Crippen molar-refractivity contribution in [3.05, 3.63) is 42.5 Å². The Labute approximate surface area is 89.8 Å². The van der Waals surface area contributed by atoms with E-state index in [4.69, 9.17) is 5.11 Å². The third-order valence-electron chi connectivity index (χ3n) is 1.77. The molecule has 2 aromatic rings. The molecule has 2 heteroatoms. The Kier molecular flexibility index (Phi) is 4.13. The first-order chi connectivity index (χ1) is 7.11. The van der Waals surface area contributed by atoms with Crippen LogP contribution < -0.4 is 0 Å². The average Bonchev–Trinajstić information content (AvgIpc) is 2.18. The second-order valence-electron chi connectivity index (χ2n) is 3.59. The number of phenols is 1. The van der Waals surface area contributed by atoms with E-state index in [-0.39, 0.29) is 6.10 Å².